The normalized spacial score (nSPS) is 27.4. The van der Waals surface area contributed by atoms with Crippen LogP contribution in [-0.2, 0) is 0 Å². The molecule has 2 nitrogen and oxygen atoms in total. The van der Waals surface area contributed by atoms with Crippen molar-refractivity contribution in [2.45, 2.75) is 65.0 Å². The molecule has 0 aromatic heterocycles. The standard InChI is InChI=1S/C13H28N2/c1-4-6-9-14-10-11-15-12(3)7-8-13(15)5-2/h12-14H,4-11H2,1-3H3. The first kappa shape index (κ1) is 13.0. The highest BCUT2D eigenvalue weighted by molar-refractivity contribution is 4.84. The highest BCUT2D eigenvalue weighted by Gasteiger charge is 2.28. The van der Waals surface area contributed by atoms with Gasteiger partial charge in [0.1, 0.15) is 0 Å². The first-order valence-electron chi connectivity index (χ1n) is 6.76. The number of likely N-dealkylation sites (tertiary alicyclic amines) is 1. The predicted octanol–water partition coefficient (Wildman–Crippen LogP) is 2.64. The zero-order valence-electron chi connectivity index (χ0n) is 10.8. The van der Waals surface area contributed by atoms with Gasteiger partial charge < -0.3 is 5.32 Å². The van der Waals surface area contributed by atoms with E-state index in [1.807, 2.05) is 0 Å². The molecule has 1 N–H and O–H groups in total. The van der Waals surface area contributed by atoms with Gasteiger partial charge in [-0.1, -0.05) is 20.3 Å². The number of rotatable bonds is 7. The van der Waals surface area contributed by atoms with Gasteiger partial charge in [-0.25, -0.2) is 0 Å². The first-order chi connectivity index (χ1) is 7.29. The Morgan fingerprint density at radius 1 is 1.20 bits per heavy atom. The van der Waals surface area contributed by atoms with Crippen LogP contribution in [0.5, 0.6) is 0 Å². The van der Waals surface area contributed by atoms with Gasteiger partial charge in [-0.3, -0.25) is 4.90 Å². The Morgan fingerprint density at radius 3 is 2.67 bits per heavy atom. The van der Waals surface area contributed by atoms with Crippen molar-refractivity contribution in [3.05, 3.63) is 0 Å². The molecule has 0 saturated carbocycles. The predicted molar refractivity (Wildman–Crippen MR) is 67.3 cm³/mol. The van der Waals surface area contributed by atoms with E-state index in [9.17, 15) is 0 Å². The SMILES string of the molecule is CCCCNCCN1C(C)CCC1CC. The molecule has 0 radical (unpaired) electrons. The van der Waals surface area contributed by atoms with Gasteiger partial charge in [-0.15, -0.1) is 0 Å². The van der Waals surface area contributed by atoms with Crippen LogP contribution >= 0.6 is 0 Å². The van der Waals surface area contributed by atoms with E-state index in [1.54, 1.807) is 0 Å². The molecule has 0 spiro atoms. The Morgan fingerprint density at radius 2 is 2.00 bits per heavy atom. The van der Waals surface area contributed by atoms with E-state index < -0.39 is 0 Å². The Balaban J connectivity index is 2.13. The van der Waals surface area contributed by atoms with Crippen LogP contribution in [0.15, 0.2) is 0 Å². The Hall–Kier alpha value is -0.0800. The molecule has 0 amide bonds. The van der Waals surface area contributed by atoms with Gasteiger partial charge in [-0.2, -0.15) is 0 Å². The molecule has 1 heterocycles. The first-order valence-corrected chi connectivity index (χ1v) is 6.76. The lowest BCUT2D eigenvalue weighted by atomic mass is 10.1. The fraction of sp³-hybridized carbons (Fsp3) is 1.00. The smallest absolute Gasteiger partial charge is 0.0113 e. The summed E-state index contributed by atoms with van der Waals surface area (Å²) in [5.41, 5.74) is 0. The Labute approximate surface area is 95.4 Å². The fourth-order valence-corrected chi connectivity index (χ4v) is 2.60. The third-order valence-corrected chi connectivity index (χ3v) is 3.68. The molecule has 1 fully saturated rings. The van der Waals surface area contributed by atoms with Crippen LogP contribution in [0.3, 0.4) is 0 Å². The van der Waals surface area contributed by atoms with Crippen LogP contribution in [0.4, 0.5) is 0 Å². The molecule has 2 heteroatoms. The number of nitrogens with zero attached hydrogens (tertiary/aromatic N) is 1. The summed E-state index contributed by atoms with van der Waals surface area (Å²) in [4.78, 5) is 2.69. The minimum absolute atomic E-state index is 0.808. The van der Waals surface area contributed by atoms with Crippen LogP contribution in [0.1, 0.15) is 52.9 Å². The van der Waals surface area contributed by atoms with E-state index in [1.165, 1.54) is 51.7 Å². The van der Waals surface area contributed by atoms with E-state index in [4.69, 9.17) is 0 Å². The molecule has 0 aromatic carbocycles. The van der Waals surface area contributed by atoms with Crippen LogP contribution in [0.25, 0.3) is 0 Å². The Kier molecular flexibility index (Phi) is 6.26. The van der Waals surface area contributed by atoms with Gasteiger partial charge >= 0.3 is 0 Å². The summed E-state index contributed by atoms with van der Waals surface area (Å²) < 4.78 is 0. The van der Waals surface area contributed by atoms with E-state index in [0.717, 1.165) is 12.1 Å². The fourth-order valence-electron chi connectivity index (χ4n) is 2.60. The second-order valence-corrected chi connectivity index (χ2v) is 4.83. The third-order valence-electron chi connectivity index (χ3n) is 3.68. The van der Waals surface area contributed by atoms with E-state index in [0.29, 0.717) is 0 Å². The van der Waals surface area contributed by atoms with Gasteiger partial charge in [0.25, 0.3) is 0 Å². The summed E-state index contributed by atoms with van der Waals surface area (Å²) in [6.45, 7) is 10.5. The summed E-state index contributed by atoms with van der Waals surface area (Å²) in [7, 11) is 0. The van der Waals surface area contributed by atoms with Crippen molar-refractivity contribution in [2.75, 3.05) is 19.6 Å². The maximum atomic E-state index is 3.54. The topological polar surface area (TPSA) is 15.3 Å². The second-order valence-electron chi connectivity index (χ2n) is 4.83. The van der Waals surface area contributed by atoms with Gasteiger partial charge in [0.15, 0.2) is 0 Å². The van der Waals surface area contributed by atoms with E-state index in [-0.39, 0.29) is 0 Å². The molecule has 2 unspecified atom stereocenters. The molecule has 0 aromatic rings. The number of hydrogen-bond acceptors (Lipinski definition) is 2. The zero-order chi connectivity index (χ0) is 11.1. The summed E-state index contributed by atoms with van der Waals surface area (Å²) in [5, 5.41) is 3.54. The molecule has 0 bridgehead atoms. The molecule has 90 valence electrons. The molecule has 2 atom stereocenters. The molecular weight excluding hydrogens is 184 g/mol. The molecule has 1 saturated heterocycles. The minimum Gasteiger partial charge on any atom is -0.315 e. The summed E-state index contributed by atoms with van der Waals surface area (Å²) in [5.74, 6) is 0. The third kappa shape index (κ3) is 4.12. The molecule has 1 rings (SSSR count). The quantitative estimate of drug-likeness (QED) is 0.653. The minimum atomic E-state index is 0.808. The van der Waals surface area contributed by atoms with Crippen molar-refractivity contribution < 1.29 is 0 Å². The lowest BCUT2D eigenvalue weighted by Crippen LogP contribution is -2.39. The maximum absolute atomic E-state index is 3.54. The zero-order valence-corrected chi connectivity index (χ0v) is 10.8. The number of hydrogen-bond donors (Lipinski definition) is 1. The van der Waals surface area contributed by atoms with Gasteiger partial charge in [-0.05, 0) is 39.2 Å². The van der Waals surface area contributed by atoms with Crippen molar-refractivity contribution in [3.8, 4) is 0 Å². The number of unbranched alkanes of at least 4 members (excludes halogenated alkanes) is 1. The monoisotopic (exact) mass is 212 g/mol. The highest BCUT2D eigenvalue weighted by Crippen LogP contribution is 2.24. The lowest BCUT2D eigenvalue weighted by molar-refractivity contribution is 0.199. The highest BCUT2D eigenvalue weighted by atomic mass is 15.2. The van der Waals surface area contributed by atoms with Crippen molar-refractivity contribution >= 4 is 0 Å². The van der Waals surface area contributed by atoms with Crippen LogP contribution in [0, 0.1) is 0 Å². The Bertz CT molecular complexity index is 159. The average Bonchev–Trinajstić information content (AvgIpc) is 2.60. The molecule has 1 aliphatic heterocycles. The number of nitrogens with one attached hydrogen (secondary N) is 1. The molecule has 15 heavy (non-hydrogen) atoms. The molecule has 1 aliphatic rings. The lowest BCUT2D eigenvalue weighted by Gasteiger charge is -2.27. The van der Waals surface area contributed by atoms with Crippen molar-refractivity contribution in [3.63, 3.8) is 0 Å². The van der Waals surface area contributed by atoms with Gasteiger partial charge in [0.05, 0.1) is 0 Å². The van der Waals surface area contributed by atoms with Crippen LogP contribution in [0.2, 0.25) is 0 Å². The summed E-state index contributed by atoms with van der Waals surface area (Å²) in [6, 6.07) is 1.66. The maximum Gasteiger partial charge on any atom is 0.0113 e. The molecular formula is C13H28N2. The molecule has 0 aliphatic carbocycles. The van der Waals surface area contributed by atoms with Crippen molar-refractivity contribution in [1.82, 2.24) is 10.2 Å². The van der Waals surface area contributed by atoms with Crippen LogP contribution in [-0.4, -0.2) is 36.6 Å². The van der Waals surface area contributed by atoms with E-state index >= 15 is 0 Å². The van der Waals surface area contributed by atoms with Crippen LogP contribution < -0.4 is 5.32 Å². The van der Waals surface area contributed by atoms with Gasteiger partial charge in [0.2, 0.25) is 0 Å². The van der Waals surface area contributed by atoms with Crippen molar-refractivity contribution in [2.24, 2.45) is 0 Å². The summed E-state index contributed by atoms with van der Waals surface area (Å²) >= 11 is 0. The van der Waals surface area contributed by atoms with Gasteiger partial charge in [0, 0.05) is 25.2 Å². The second kappa shape index (κ2) is 7.24. The summed E-state index contributed by atoms with van der Waals surface area (Å²) in [6.07, 6.45) is 6.73. The largest absolute Gasteiger partial charge is 0.315 e. The van der Waals surface area contributed by atoms with Crippen molar-refractivity contribution in [1.29, 1.82) is 0 Å². The van der Waals surface area contributed by atoms with E-state index in [2.05, 4.69) is 31.0 Å². The average molecular weight is 212 g/mol.